The molecule has 0 amide bonds. The molecule has 1 aromatic carbocycles. The maximum Gasteiger partial charge on any atom is 0.155 e. The van der Waals surface area contributed by atoms with Crippen LogP contribution in [0.3, 0.4) is 0 Å². The minimum absolute atomic E-state index is 0.189. The number of anilines is 1. The van der Waals surface area contributed by atoms with Gasteiger partial charge in [-0.2, -0.15) is 11.8 Å². The summed E-state index contributed by atoms with van der Waals surface area (Å²) in [5, 5.41) is 0. The predicted molar refractivity (Wildman–Crippen MR) is 65.9 cm³/mol. The van der Waals surface area contributed by atoms with Crippen molar-refractivity contribution in [1.82, 2.24) is 0 Å². The summed E-state index contributed by atoms with van der Waals surface area (Å²) >= 11 is 1.91. The van der Waals surface area contributed by atoms with E-state index in [2.05, 4.69) is 4.90 Å². The Morgan fingerprint density at radius 2 is 2.19 bits per heavy atom. The highest BCUT2D eigenvalue weighted by molar-refractivity contribution is 7.99. The molecule has 1 heterocycles. The summed E-state index contributed by atoms with van der Waals surface area (Å²) in [6, 6.07) is 4.82. The van der Waals surface area contributed by atoms with Gasteiger partial charge in [0, 0.05) is 18.8 Å². The van der Waals surface area contributed by atoms with Crippen LogP contribution in [0.15, 0.2) is 18.2 Å². The van der Waals surface area contributed by atoms with Gasteiger partial charge in [-0.3, -0.25) is 4.79 Å². The molecule has 2 nitrogen and oxygen atoms in total. The van der Waals surface area contributed by atoms with E-state index in [1.165, 1.54) is 6.07 Å². The summed E-state index contributed by atoms with van der Waals surface area (Å²) in [4.78, 5) is 13.0. The second kappa shape index (κ2) is 5.34. The lowest BCUT2D eigenvalue weighted by molar-refractivity contribution is 0.112. The Balaban J connectivity index is 2.30. The Morgan fingerprint density at radius 3 is 3.00 bits per heavy atom. The zero-order valence-electron chi connectivity index (χ0n) is 8.99. The van der Waals surface area contributed by atoms with Crippen LogP contribution in [-0.4, -0.2) is 30.9 Å². The molecule has 86 valence electrons. The van der Waals surface area contributed by atoms with E-state index in [0.717, 1.165) is 36.7 Å². The monoisotopic (exact) mass is 239 g/mol. The van der Waals surface area contributed by atoms with Gasteiger partial charge in [0.15, 0.2) is 6.29 Å². The number of halogens is 1. The molecule has 0 unspecified atom stereocenters. The van der Waals surface area contributed by atoms with E-state index in [1.807, 2.05) is 17.8 Å². The fraction of sp³-hybridized carbons (Fsp3) is 0.417. The fourth-order valence-electron chi connectivity index (χ4n) is 1.91. The summed E-state index contributed by atoms with van der Waals surface area (Å²) in [5.74, 6) is 1.75. The first kappa shape index (κ1) is 11.5. The van der Waals surface area contributed by atoms with Gasteiger partial charge in [-0.05, 0) is 24.3 Å². The van der Waals surface area contributed by atoms with Crippen LogP contribution in [0.1, 0.15) is 16.8 Å². The average molecular weight is 239 g/mol. The SMILES string of the molecule is O=Cc1c(F)cccc1N1CCCSCC1. The molecule has 0 spiro atoms. The number of aldehydes is 1. The smallest absolute Gasteiger partial charge is 0.155 e. The number of carbonyl (C=O) groups is 1. The Hall–Kier alpha value is -1.03. The molecule has 0 N–H and O–H groups in total. The van der Waals surface area contributed by atoms with Crippen molar-refractivity contribution in [1.29, 1.82) is 0 Å². The number of benzene rings is 1. The van der Waals surface area contributed by atoms with Gasteiger partial charge in [0.05, 0.1) is 11.3 Å². The fourth-order valence-corrected chi connectivity index (χ4v) is 2.79. The minimum Gasteiger partial charge on any atom is -0.370 e. The van der Waals surface area contributed by atoms with E-state index in [1.54, 1.807) is 6.07 Å². The van der Waals surface area contributed by atoms with Gasteiger partial charge in [0.1, 0.15) is 5.82 Å². The summed E-state index contributed by atoms with van der Waals surface area (Å²) in [7, 11) is 0. The number of carbonyl (C=O) groups excluding carboxylic acids is 1. The van der Waals surface area contributed by atoms with Gasteiger partial charge in [-0.25, -0.2) is 4.39 Å². The van der Waals surface area contributed by atoms with Crippen LogP contribution >= 0.6 is 11.8 Å². The van der Waals surface area contributed by atoms with Gasteiger partial charge in [0.25, 0.3) is 0 Å². The van der Waals surface area contributed by atoms with Gasteiger partial charge in [-0.15, -0.1) is 0 Å². The molecule has 1 aromatic rings. The van der Waals surface area contributed by atoms with Crippen LogP contribution in [0.25, 0.3) is 0 Å². The van der Waals surface area contributed by atoms with Crippen LogP contribution in [0.4, 0.5) is 10.1 Å². The summed E-state index contributed by atoms with van der Waals surface area (Å²) in [6.45, 7) is 1.78. The highest BCUT2D eigenvalue weighted by atomic mass is 32.2. The van der Waals surface area contributed by atoms with E-state index < -0.39 is 5.82 Å². The number of hydrogen-bond donors (Lipinski definition) is 0. The third-order valence-corrected chi connectivity index (χ3v) is 3.76. The van der Waals surface area contributed by atoms with Crippen molar-refractivity contribution in [2.45, 2.75) is 6.42 Å². The number of thioether (sulfide) groups is 1. The lowest BCUT2D eigenvalue weighted by Crippen LogP contribution is -2.26. The molecule has 0 atom stereocenters. The summed E-state index contributed by atoms with van der Waals surface area (Å²) in [6.07, 6.45) is 1.70. The number of nitrogens with zero attached hydrogens (tertiary/aromatic N) is 1. The maximum absolute atomic E-state index is 13.4. The molecule has 2 rings (SSSR count). The highest BCUT2D eigenvalue weighted by Gasteiger charge is 2.15. The Morgan fingerprint density at radius 1 is 1.31 bits per heavy atom. The first-order valence-electron chi connectivity index (χ1n) is 5.39. The molecular formula is C12H14FNOS. The zero-order chi connectivity index (χ0) is 11.4. The quantitative estimate of drug-likeness (QED) is 0.740. The predicted octanol–water partition coefficient (Wildman–Crippen LogP) is 2.58. The third kappa shape index (κ3) is 2.38. The largest absolute Gasteiger partial charge is 0.370 e. The second-order valence-electron chi connectivity index (χ2n) is 3.74. The third-order valence-electron chi connectivity index (χ3n) is 2.71. The molecule has 0 radical (unpaired) electrons. The van der Waals surface area contributed by atoms with Crippen molar-refractivity contribution in [3.05, 3.63) is 29.6 Å². The zero-order valence-corrected chi connectivity index (χ0v) is 9.80. The van der Waals surface area contributed by atoms with Gasteiger partial charge in [-0.1, -0.05) is 6.07 Å². The molecule has 4 heteroatoms. The van der Waals surface area contributed by atoms with E-state index in [0.29, 0.717) is 6.29 Å². The lowest BCUT2D eigenvalue weighted by Gasteiger charge is -2.23. The van der Waals surface area contributed by atoms with E-state index >= 15 is 0 Å². The van der Waals surface area contributed by atoms with Crippen molar-refractivity contribution in [2.75, 3.05) is 29.5 Å². The van der Waals surface area contributed by atoms with E-state index in [4.69, 9.17) is 0 Å². The van der Waals surface area contributed by atoms with Crippen molar-refractivity contribution in [3.8, 4) is 0 Å². The molecule has 0 saturated carbocycles. The highest BCUT2D eigenvalue weighted by Crippen LogP contribution is 2.24. The van der Waals surface area contributed by atoms with Crippen LogP contribution in [0.5, 0.6) is 0 Å². The summed E-state index contributed by atoms with van der Waals surface area (Å²) < 4.78 is 13.4. The van der Waals surface area contributed by atoms with Crippen molar-refractivity contribution in [2.24, 2.45) is 0 Å². The van der Waals surface area contributed by atoms with Gasteiger partial charge in [0.2, 0.25) is 0 Å². The maximum atomic E-state index is 13.4. The summed E-state index contributed by atoms with van der Waals surface area (Å²) in [5.41, 5.74) is 0.923. The molecule has 1 fully saturated rings. The van der Waals surface area contributed by atoms with Crippen molar-refractivity contribution < 1.29 is 9.18 Å². The molecular weight excluding hydrogens is 225 g/mol. The van der Waals surface area contributed by atoms with Gasteiger partial charge < -0.3 is 4.90 Å². The van der Waals surface area contributed by atoms with Crippen molar-refractivity contribution in [3.63, 3.8) is 0 Å². The standard InChI is InChI=1S/C12H14FNOS/c13-11-3-1-4-12(10(11)9-15)14-5-2-7-16-8-6-14/h1,3-4,9H,2,5-8H2. The van der Waals surface area contributed by atoms with E-state index in [-0.39, 0.29) is 5.56 Å². The first-order chi connectivity index (χ1) is 7.83. The van der Waals surface area contributed by atoms with Crippen LogP contribution in [0.2, 0.25) is 0 Å². The van der Waals surface area contributed by atoms with Crippen LogP contribution in [-0.2, 0) is 0 Å². The Labute approximate surface area is 98.8 Å². The van der Waals surface area contributed by atoms with E-state index in [9.17, 15) is 9.18 Å². The number of hydrogen-bond acceptors (Lipinski definition) is 3. The Bertz CT molecular complexity index is 375. The topological polar surface area (TPSA) is 20.3 Å². The Kier molecular flexibility index (Phi) is 3.83. The molecule has 1 aliphatic rings. The van der Waals surface area contributed by atoms with Crippen LogP contribution < -0.4 is 4.90 Å². The molecule has 1 saturated heterocycles. The average Bonchev–Trinajstić information content (AvgIpc) is 2.57. The molecule has 16 heavy (non-hydrogen) atoms. The molecule has 1 aliphatic heterocycles. The first-order valence-corrected chi connectivity index (χ1v) is 6.55. The number of rotatable bonds is 2. The van der Waals surface area contributed by atoms with Crippen molar-refractivity contribution >= 4 is 23.7 Å². The molecule has 0 aliphatic carbocycles. The second-order valence-corrected chi connectivity index (χ2v) is 4.97. The molecule has 0 aromatic heterocycles. The lowest BCUT2D eigenvalue weighted by atomic mass is 10.1. The minimum atomic E-state index is -0.426. The molecule has 0 bridgehead atoms. The van der Waals surface area contributed by atoms with Crippen LogP contribution in [0, 0.1) is 5.82 Å². The normalized spacial score (nSPS) is 16.9. The van der Waals surface area contributed by atoms with Gasteiger partial charge >= 0.3 is 0 Å².